The maximum atomic E-state index is 5.54. The van der Waals surface area contributed by atoms with Gasteiger partial charge in [0.15, 0.2) is 0 Å². The van der Waals surface area contributed by atoms with Gasteiger partial charge in [-0.25, -0.2) is 15.0 Å². The molecule has 2 heterocycles. The molecule has 0 saturated heterocycles. The van der Waals surface area contributed by atoms with Gasteiger partial charge < -0.3 is 4.42 Å². The van der Waals surface area contributed by atoms with Crippen molar-refractivity contribution in [1.82, 2.24) is 19.9 Å². The number of rotatable bonds is 4. The van der Waals surface area contributed by atoms with Crippen LogP contribution in [0.2, 0.25) is 0 Å². The summed E-state index contributed by atoms with van der Waals surface area (Å²) in [7, 11) is 1.99. The number of hydrogen-bond donors (Lipinski definition) is 0. The fourth-order valence-corrected chi connectivity index (χ4v) is 1.76. The van der Waals surface area contributed by atoms with Gasteiger partial charge in [-0.05, 0) is 36.8 Å². The highest BCUT2D eigenvalue weighted by Gasteiger charge is 2.09. The van der Waals surface area contributed by atoms with Crippen molar-refractivity contribution in [1.29, 1.82) is 0 Å². The van der Waals surface area contributed by atoms with Crippen LogP contribution in [0.4, 0.5) is 0 Å². The molecule has 18 heavy (non-hydrogen) atoms. The Bertz CT molecular complexity index is 504. The van der Waals surface area contributed by atoms with Crippen LogP contribution in [0.25, 0.3) is 0 Å². The van der Waals surface area contributed by atoms with Crippen LogP contribution in [-0.4, -0.2) is 26.9 Å². The largest absolute Gasteiger partial charge is 0.444 e. The monoisotopic (exact) mass is 310 g/mol. The van der Waals surface area contributed by atoms with Crippen molar-refractivity contribution in [3.63, 3.8) is 0 Å². The molecule has 6 heteroatoms. The van der Waals surface area contributed by atoms with Crippen molar-refractivity contribution >= 4 is 15.9 Å². The first kappa shape index (κ1) is 13.2. The number of hydrogen-bond acceptors (Lipinski definition) is 5. The Balaban J connectivity index is 1.96. The van der Waals surface area contributed by atoms with Crippen LogP contribution >= 0.6 is 15.9 Å². The van der Waals surface area contributed by atoms with Crippen molar-refractivity contribution in [2.75, 3.05) is 7.05 Å². The van der Waals surface area contributed by atoms with Gasteiger partial charge in [0.1, 0.15) is 11.6 Å². The molecule has 0 bridgehead atoms. The standard InChI is InChI=1S/C12H15BrN4O/c1-8-9(2)18-12(16-8)7-17(3)6-11-14-4-10(13)5-15-11/h4-5H,6-7H2,1-3H3. The molecule has 0 radical (unpaired) electrons. The predicted molar refractivity (Wildman–Crippen MR) is 70.9 cm³/mol. The Morgan fingerprint density at radius 1 is 1.22 bits per heavy atom. The van der Waals surface area contributed by atoms with E-state index in [1.165, 1.54) is 0 Å². The molecule has 0 atom stereocenters. The van der Waals surface area contributed by atoms with Crippen molar-refractivity contribution in [3.05, 3.63) is 40.0 Å². The van der Waals surface area contributed by atoms with E-state index in [0.717, 1.165) is 27.6 Å². The van der Waals surface area contributed by atoms with Gasteiger partial charge in [-0.15, -0.1) is 0 Å². The minimum atomic E-state index is 0.647. The second-order valence-electron chi connectivity index (χ2n) is 4.24. The first-order valence-corrected chi connectivity index (χ1v) is 6.42. The highest BCUT2D eigenvalue weighted by molar-refractivity contribution is 9.10. The quantitative estimate of drug-likeness (QED) is 0.868. The minimum Gasteiger partial charge on any atom is -0.444 e. The molecule has 0 N–H and O–H groups in total. The lowest BCUT2D eigenvalue weighted by Crippen LogP contribution is -2.19. The molecule has 0 aliphatic rings. The van der Waals surface area contributed by atoms with Gasteiger partial charge in [-0.3, -0.25) is 4.90 Å². The molecule has 5 nitrogen and oxygen atoms in total. The van der Waals surface area contributed by atoms with E-state index in [-0.39, 0.29) is 0 Å². The zero-order chi connectivity index (χ0) is 13.1. The Labute approximate surface area is 114 Å². The zero-order valence-electron chi connectivity index (χ0n) is 10.6. The zero-order valence-corrected chi connectivity index (χ0v) is 12.2. The Kier molecular flexibility index (Phi) is 4.08. The fourth-order valence-electron chi connectivity index (χ4n) is 1.56. The second kappa shape index (κ2) is 5.58. The van der Waals surface area contributed by atoms with E-state index in [4.69, 9.17) is 4.42 Å². The smallest absolute Gasteiger partial charge is 0.208 e. The molecular formula is C12H15BrN4O. The molecule has 0 aliphatic carbocycles. The summed E-state index contributed by atoms with van der Waals surface area (Å²) in [6.45, 7) is 5.17. The number of aromatic nitrogens is 3. The average molecular weight is 311 g/mol. The lowest BCUT2D eigenvalue weighted by Gasteiger charge is -2.12. The van der Waals surface area contributed by atoms with Crippen molar-refractivity contribution < 1.29 is 4.42 Å². The minimum absolute atomic E-state index is 0.647. The lowest BCUT2D eigenvalue weighted by atomic mass is 10.4. The molecule has 2 aromatic rings. The molecule has 0 spiro atoms. The third-order valence-corrected chi connectivity index (χ3v) is 2.97. The summed E-state index contributed by atoms with van der Waals surface area (Å²) in [6.07, 6.45) is 3.49. The predicted octanol–water partition coefficient (Wildman–Crippen LogP) is 2.48. The summed E-state index contributed by atoms with van der Waals surface area (Å²) in [6, 6.07) is 0. The van der Waals surface area contributed by atoms with Crippen molar-refractivity contribution in [2.24, 2.45) is 0 Å². The van der Waals surface area contributed by atoms with E-state index >= 15 is 0 Å². The number of nitrogens with zero attached hydrogens (tertiary/aromatic N) is 4. The fraction of sp³-hybridized carbons (Fsp3) is 0.417. The molecule has 0 aliphatic heterocycles. The van der Waals surface area contributed by atoms with E-state index in [1.54, 1.807) is 12.4 Å². The van der Waals surface area contributed by atoms with Gasteiger partial charge >= 0.3 is 0 Å². The van der Waals surface area contributed by atoms with E-state index < -0.39 is 0 Å². The average Bonchev–Trinajstić information content (AvgIpc) is 2.61. The summed E-state index contributed by atoms with van der Waals surface area (Å²) in [5, 5.41) is 0. The van der Waals surface area contributed by atoms with Crippen LogP contribution in [0.5, 0.6) is 0 Å². The van der Waals surface area contributed by atoms with Crippen LogP contribution in [0.1, 0.15) is 23.2 Å². The van der Waals surface area contributed by atoms with Crippen LogP contribution in [-0.2, 0) is 13.1 Å². The lowest BCUT2D eigenvalue weighted by molar-refractivity contribution is 0.272. The van der Waals surface area contributed by atoms with Crippen LogP contribution in [0.3, 0.4) is 0 Å². The molecule has 0 amide bonds. The van der Waals surface area contributed by atoms with E-state index in [1.807, 2.05) is 20.9 Å². The molecule has 0 unspecified atom stereocenters. The molecule has 2 rings (SSSR count). The Morgan fingerprint density at radius 3 is 2.44 bits per heavy atom. The number of aryl methyl sites for hydroxylation is 2. The summed E-state index contributed by atoms with van der Waals surface area (Å²) >= 11 is 3.31. The van der Waals surface area contributed by atoms with Gasteiger partial charge in [-0.2, -0.15) is 0 Å². The maximum Gasteiger partial charge on any atom is 0.208 e. The third-order valence-electron chi connectivity index (χ3n) is 2.56. The normalized spacial score (nSPS) is 11.2. The summed E-state index contributed by atoms with van der Waals surface area (Å²) in [5.41, 5.74) is 0.943. The van der Waals surface area contributed by atoms with Gasteiger partial charge in [0.25, 0.3) is 0 Å². The maximum absolute atomic E-state index is 5.54. The second-order valence-corrected chi connectivity index (χ2v) is 5.15. The Hall–Kier alpha value is -1.27. The first-order valence-electron chi connectivity index (χ1n) is 5.62. The topological polar surface area (TPSA) is 55.1 Å². The summed E-state index contributed by atoms with van der Waals surface area (Å²) in [5.74, 6) is 2.38. The van der Waals surface area contributed by atoms with Crippen molar-refractivity contribution in [3.8, 4) is 0 Å². The van der Waals surface area contributed by atoms with Gasteiger partial charge in [-0.1, -0.05) is 0 Å². The third kappa shape index (κ3) is 3.36. The van der Waals surface area contributed by atoms with Gasteiger partial charge in [0, 0.05) is 12.4 Å². The number of halogens is 1. The van der Waals surface area contributed by atoms with Gasteiger partial charge in [0.05, 0.1) is 23.3 Å². The molecule has 0 fully saturated rings. The van der Waals surface area contributed by atoms with E-state index in [9.17, 15) is 0 Å². The van der Waals surface area contributed by atoms with E-state index in [0.29, 0.717) is 13.1 Å². The summed E-state index contributed by atoms with van der Waals surface area (Å²) in [4.78, 5) is 14.9. The molecule has 96 valence electrons. The van der Waals surface area contributed by atoms with Gasteiger partial charge in [0.2, 0.25) is 5.89 Å². The van der Waals surface area contributed by atoms with E-state index in [2.05, 4.69) is 35.8 Å². The van der Waals surface area contributed by atoms with Crippen molar-refractivity contribution in [2.45, 2.75) is 26.9 Å². The molecular weight excluding hydrogens is 296 g/mol. The van der Waals surface area contributed by atoms with Crippen LogP contribution < -0.4 is 0 Å². The molecule has 2 aromatic heterocycles. The molecule has 0 aromatic carbocycles. The summed E-state index contributed by atoms with van der Waals surface area (Å²) < 4.78 is 6.42. The Morgan fingerprint density at radius 2 is 1.89 bits per heavy atom. The van der Waals surface area contributed by atoms with Crippen LogP contribution in [0, 0.1) is 13.8 Å². The number of oxazole rings is 1. The SMILES string of the molecule is Cc1nc(CN(C)Cc2ncc(Br)cn2)oc1C. The molecule has 0 saturated carbocycles. The highest BCUT2D eigenvalue weighted by Crippen LogP contribution is 2.11. The highest BCUT2D eigenvalue weighted by atomic mass is 79.9. The first-order chi connectivity index (χ1) is 8.54. The van der Waals surface area contributed by atoms with Crippen LogP contribution in [0.15, 0.2) is 21.3 Å².